The molecule has 0 nitrogen and oxygen atoms in total. The summed E-state index contributed by atoms with van der Waals surface area (Å²) < 4.78 is 0. The predicted molar refractivity (Wildman–Crippen MR) is 424 cm³/mol. The molecule has 0 aliphatic carbocycles. The molecule has 0 radical (unpaired) electrons. The van der Waals surface area contributed by atoms with Crippen LogP contribution in [-0.4, -0.2) is 0 Å². The fourth-order valence-corrected chi connectivity index (χ4v) is 9.51. The van der Waals surface area contributed by atoms with Gasteiger partial charge in [-0.2, -0.15) is 0 Å². The van der Waals surface area contributed by atoms with Gasteiger partial charge in [0.2, 0.25) is 0 Å². The molecular formula is C90H152. The second-order valence-electron chi connectivity index (χ2n) is 32.7. The van der Waals surface area contributed by atoms with Gasteiger partial charge in [0.15, 0.2) is 0 Å². The summed E-state index contributed by atoms with van der Waals surface area (Å²) >= 11 is 0. The van der Waals surface area contributed by atoms with Gasteiger partial charge in [0.25, 0.3) is 0 Å². The first-order valence-corrected chi connectivity index (χ1v) is 34.4. The maximum Gasteiger partial charge on any atom is -0.0126 e. The van der Waals surface area contributed by atoms with Crippen molar-refractivity contribution in [3.8, 4) is 0 Å². The summed E-state index contributed by atoms with van der Waals surface area (Å²) in [5.74, 6) is 0. The van der Waals surface area contributed by atoms with Gasteiger partial charge in [-0.05, 0) is 131 Å². The highest BCUT2D eigenvalue weighted by Crippen LogP contribution is 2.37. The zero-order valence-corrected chi connectivity index (χ0v) is 65.9. The molecule has 0 saturated heterocycles. The summed E-state index contributed by atoms with van der Waals surface area (Å²) in [7, 11) is 0. The van der Waals surface area contributed by atoms with Crippen LogP contribution in [0.2, 0.25) is 0 Å². The van der Waals surface area contributed by atoms with Gasteiger partial charge in [-0.3, -0.25) is 0 Å². The molecule has 512 valence electrons. The first-order valence-electron chi connectivity index (χ1n) is 34.4. The first-order chi connectivity index (χ1) is 40.0. The van der Waals surface area contributed by atoms with E-state index < -0.39 is 0 Å². The molecule has 90 heavy (non-hydrogen) atoms. The van der Waals surface area contributed by atoms with E-state index in [1.54, 1.807) is 0 Å². The zero-order chi connectivity index (χ0) is 70.1. The summed E-state index contributed by atoms with van der Waals surface area (Å²) in [5.41, 5.74) is 16.6. The fourth-order valence-electron chi connectivity index (χ4n) is 9.51. The summed E-state index contributed by atoms with van der Waals surface area (Å²) in [6.07, 6.45) is 0. The van der Waals surface area contributed by atoms with Gasteiger partial charge >= 0.3 is 0 Å². The number of hydrogen-bond acceptors (Lipinski definition) is 0. The Morgan fingerprint density at radius 2 is 0.356 bits per heavy atom. The van der Waals surface area contributed by atoms with E-state index in [4.69, 9.17) is 0 Å². The number of rotatable bonds is 0. The largest absolute Gasteiger partial charge is 0.0776 e. The lowest BCUT2D eigenvalue weighted by Crippen LogP contribution is -2.21. The molecule has 0 aliphatic heterocycles. The predicted octanol–water partition coefficient (Wildman–Crippen LogP) is 30.1. The summed E-state index contributed by atoms with van der Waals surface area (Å²) in [5, 5.41) is 5.49. The van der Waals surface area contributed by atoms with E-state index in [2.05, 4.69) is 353 Å². The first kappa shape index (κ1) is 93.8. The Balaban J connectivity index is -0.000000322. The molecule has 0 unspecified atom stereocenters. The van der Waals surface area contributed by atoms with Crippen LogP contribution < -0.4 is 0 Å². The molecule has 0 fully saturated rings. The quantitative estimate of drug-likeness (QED) is 0.142. The Morgan fingerprint density at radius 3 is 0.567 bits per heavy atom. The summed E-state index contributed by atoms with van der Waals surface area (Å²) in [4.78, 5) is 0. The molecule has 0 spiro atoms. The molecule has 0 atom stereocenters. The lowest BCUT2D eigenvalue weighted by Gasteiger charge is -2.29. The van der Waals surface area contributed by atoms with E-state index in [1.807, 2.05) is 69.2 Å². The second kappa shape index (κ2) is 39.6. The van der Waals surface area contributed by atoms with E-state index in [0.717, 1.165) is 0 Å². The van der Waals surface area contributed by atoms with E-state index in [1.165, 1.54) is 77.2 Å². The van der Waals surface area contributed by atoms with Crippen LogP contribution in [0.1, 0.15) is 347 Å². The van der Waals surface area contributed by atoms with Crippen LogP contribution in [0.3, 0.4) is 0 Å². The Labute approximate surface area is 565 Å². The van der Waals surface area contributed by atoms with Crippen LogP contribution in [0.5, 0.6) is 0 Å². The highest BCUT2D eigenvalue weighted by atomic mass is 14.3. The summed E-state index contributed by atoms with van der Waals surface area (Å²) in [6, 6.07) is 53.8. The Kier molecular flexibility index (Phi) is 41.2. The highest BCUT2D eigenvalue weighted by Gasteiger charge is 2.25. The smallest absolute Gasteiger partial charge is 0.0126 e. The number of fused-ring (bicyclic) bond motifs is 2. The van der Waals surface area contributed by atoms with Crippen molar-refractivity contribution < 1.29 is 0 Å². The molecule has 0 aromatic heterocycles. The van der Waals surface area contributed by atoms with Gasteiger partial charge in [-0.25, -0.2) is 0 Å². The van der Waals surface area contributed by atoms with Gasteiger partial charge in [0.1, 0.15) is 0 Å². The molecule has 7 aromatic carbocycles. The van der Waals surface area contributed by atoms with E-state index in [0.29, 0.717) is 0 Å². The number of hydrogen-bond donors (Lipinski definition) is 0. The molecule has 0 heteroatoms. The van der Waals surface area contributed by atoms with Crippen molar-refractivity contribution in [2.75, 3.05) is 0 Å². The van der Waals surface area contributed by atoms with Gasteiger partial charge < -0.3 is 0 Å². The topological polar surface area (TPSA) is 0 Å². The van der Waals surface area contributed by atoms with Gasteiger partial charge in [0.05, 0.1) is 0 Å². The standard InChI is InChI=1S/2C18H24.3C14H22.5C2H6.2CH4/c1-17(2,3)15-11-7-10-14-13(15)9-8-12-16(14)18(4,5)6;1-17(2,3)15-9-7-14-12-16(18(4,5)6)10-8-13(14)11-15;1-13(2,3)11-7-9-12(10-8-11)14(4,5)6;1-13(2,3)11-8-7-9-12(10-11)14(4,5)6;1-13(2,3)11-9-7-8-10-12(11)14(4,5)6;5*1-2;;/h2*7-12H,1-6H3;3*7-10H,1-6H3;5*1-2H3;2*1H4. The molecule has 7 rings (SSSR count). The average molecular weight is 1230 g/mol. The monoisotopic (exact) mass is 1230 g/mol. The Morgan fingerprint density at radius 1 is 0.167 bits per heavy atom. The molecule has 7 aromatic rings. The second-order valence-corrected chi connectivity index (χ2v) is 32.7. The van der Waals surface area contributed by atoms with Crippen LogP contribution in [0.25, 0.3) is 21.5 Å². The maximum absolute atomic E-state index is 2.33. The van der Waals surface area contributed by atoms with Crippen LogP contribution in [0, 0.1) is 0 Å². The van der Waals surface area contributed by atoms with Gasteiger partial charge in [-0.15, -0.1) is 0 Å². The molecular weight excluding hydrogens is 1080 g/mol. The third kappa shape index (κ3) is 32.1. The molecule has 0 amide bonds. The minimum Gasteiger partial charge on any atom is -0.0776 e. The minimum absolute atomic E-state index is 0. The molecule has 0 aliphatic rings. The van der Waals surface area contributed by atoms with Crippen molar-refractivity contribution in [1.82, 2.24) is 0 Å². The van der Waals surface area contributed by atoms with Crippen LogP contribution in [0.15, 0.2) is 146 Å². The lowest BCUT2D eigenvalue weighted by molar-refractivity contribution is 0.530. The average Bonchev–Trinajstić information content (AvgIpc) is 0.965. The maximum atomic E-state index is 2.33. The van der Waals surface area contributed by atoms with E-state index in [-0.39, 0.29) is 69.0 Å². The van der Waals surface area contributed by atoms with Gasteiger partial charge in [-0.1, -0.05) is 437 Å². The van der Waals surface area contributed by atoms with Crippen molar-refractivity contribution in [2.45, 2.75) is 346 Å². The number of benzene rings is 7. The Bertz CT molecular complexity index is 2780. The van der Waals surface area contributed by atoms with Crippen molar-refractivity contribution in [2.24, 2.45) is 0 Å². The third-order valence-electron chi connectivity index (χ3n) is 14.9. The Hall–Kier alpha value is -4.94. The molecule has 0 N–H and O–H groups in total. The van der Waals surface area contributed by atoms with Crippen molar-refractivity contribution >= 4 is 21.5 Å². The van der Waals surface area contributed by atoms with Gasteiger partial charge in [0, 0.05) is 0 Å². The molecule has 0 saturated carbocycles. The van der Waals surface area contributed by atoms with Crippen LogP contribution >= 0.6 is 0 Å². The van der Waals surface area contributed by atoms with Crippen molar-refractivity contribution in [3.63, 3.8) is 0 Å². The van der Waals surface area contributed by atoms with Crippen LogP contribution in [-0.2, 0) is 54.1 Å². The lowest BCUT2D eigenvalue weighted by atomic mass is 9.75. The normalized spacial score (nSPS) is 11.6. The zero-order valence-electron chi connectivity index (χ0n) is 65.9. The van der Waals surface area contributed by atoms with Crippen molar-refractivity contribution in [3.05, 3.63) is 201 Å². The SMILES string of the molecule is C.C.CC.CC.CC.CC.CC.CC(C)(C)c1ccc(C(C)(C)C)cc1.CC(C)(C)c1ccc2cc(C(C)(C)C)ccc2c1.CC(C)(C)c1cccc(C(C)(C)C)c1.CC(C)(C)c1cccc2c(C(C)(C)C)cccc12.CC(C)(C)c1ccccc1C(C)(C)C. The minimum atomic E-state index is 0. The van der Waals surface area contributed by atoms with Crippen LogP contribution in [0.4, 0.5) is 0 Å². The highest BCUT2D eigenvalue weighted by molar-refractivity contribution is 5.90. The molecule has 0 heterocycles. The fraction of sp³-hybridized carbons (Fsp3) is 0.578. The van der Waals surface area contributed by atoms with Crippen molar-refractivity contribution in [1.29, 1.82) is 0 Å². The molecule has 0 bridgehead atoms. The van der Waals surface area contributed by atoms with E-state index in [9.17, 15) is 0 Å². The summed E-state index contributed by atoms with van der Waals surface area (Å²) in [6.45, 7) is 88.0. The third-order valence-corrected chi connectivity index (χ3v) is 14.9. The van der Waals surface area contributed by atoms with E-state index >= 15 is 0 Å².